The second kappa shape index (κ2) is 8.97. The molecule has 138 valence electrons. The van der Waals surface area contributed by atoms with Crippen molar-refractivity contribution >= 4 is 5.97 Å². The van der Waals surface area contributed by atoms with E-state index in [0.717, 1.165) is 31.1 Å². The van der Waals surface area contributed by atoms with Crippen molar-refractivity contribution in [1.82, 2.24) is 10.2 Å². The molecule has 4 nitrogen and oxygen atoms in total. The van der Waals surface area contributed by atoms with Gasteiger partial charge in [0.05, 0.1) is 5.56 Å². The van der Waals surface area contributed by atoms with Crippen molar-refractivity contribution in [3.8, 4) is 0 Å². The minimum Gasteiger partial charge on any atom is -0.478 e. The zero-order chi connectivity index (χ0) is 18.4. The van der Waals surface area contributed by atoms with Gasteiger partial charge in [-0.15, -0.1) is 0 Å². The number of nitrogens with one attached hydrogen (secondary N) is 1. The summed E-state index contributed by atoms with van der Waals surface area (Å²) in [5, 5.41) is 12.4. The fourth-order valence-electron chi connectivity index (χ4n) is 3.45. The van der Waals surface area contributed by atoms with E-state index in [9.17, 15) is 4.79 Å². The predicted octanol–water partition coefficient (Wildman–Crippen LogP) is 3.91. The topological polar surface area (TPSA) is 52.6 Å². The summed E-state index contributed by atoms with van der Waals surface area (Å²) in [6.07, 6.45) is 2.60. The van der Waals surface area contributed by atoms with Crippen LogP contribution >= 0.6 is 0 Å². The average Bonchev–Trinajstić information content (AvgIpc) is 2.65. The Balaban J connectivity index is 1.54. The van der Waals surface area contributed by atoms with Gasteiger partial charge in [-0.05, 0) is 60.7 Å². The predicted molar refractivity (Wildman–Crippen MR) is 104 cm³/mol. The number of aromatic carboxylic acids is 1. The first-order valence-corrected chi connectivity index (χ1v) is 9.44. The number of hydrogen-bond acceptors (Lipinski definition) is 3. The third-order valence-electron chi connectivity index (χ3n) is 5.23. The molecule has 0 aromatic heterocycles. The molecule has 0 saturated carbocycles. The van der Waals surface area contributed by atoms with Gasteiger partial charge in [-0.25, -0.2) is 4.79 Å². The van der Waals surface area contributed by atoms with Gasteiger partial charge in [-0.2, -0.15) is 0 Å². The zero-order valence-electron chi connectivity index (χ0n) is 15.4. The summed E-state index contributed by atoms with van der Waals surface area (Å²) in [6, 6.07) is 15.7. The van der Waals surface area contributed by atoms with E-state index in [2.05, 4.69) is 41.4 Å². The molecule has 2 aromatic rings. The van der Waals surface area contributed by atoms with Crippen LogP contribution in [0.2, 0.25) is 0 Å². The second-order valence-corrected chi connectivity index (χ2v) is 7.33. The summed E-state index contributed by atoms with van der Waals surface area (Å²) in [5.41, 5.74) is 4.16. The molecule has 0 aliphatic carbocycles. The van der Waals surface area contributed by atoms with E-state index in [1.807, 2.05) is 12.1 Å². The third-order valence-corrected chi connectivity index (χ3v) is 5.23. The molecule has 26 heavy (non-hydrogen) atoms. The fourth-order valence-corrected chi connectivity index (χ4v) is 3.45. The minimum atomic E-state index is -0.884. The highest BCUT2D eigenvalue weighted by Gasteiger charge is 2.16. The maximum Gasteiger partial charge on any atom is 0.335 e. The van der Waals surface area contributed by atoms with E-state index < -0.39 is 5.97 Å². The van der Waals surface area contributed by atoms with Gasteiger partial charge in [-0.3, -0.25) is 4.90 Å². The van der Waals surface area contributed by atoms with Crippen molar-refractivity contribution in [2.75, 3.05) is 13.1 Å². The summed E-state index contributed by atoms with van der Waals surface area (Å²) in [7, 11) is 0. The molecule has 3 rings (SSSR count). The molecule has 0 spiro atoms. The SMILES string of the molecule is CC1CCN(Cc2ccccc2CNCc2ccc(C(=O)O)cc2)CC1. The number of likely N-dealkylation sites (tertiary alicyclic amines) is 1. The molecule has 1 saturated heterocycles. The van der Waals surface area contributed by atoms with E-state index in [-0.39, 0.29) is 0 Å². The van der Waals surface area contributed by atoms with Crippen LogP contribution in [-0.2, 0) is 19.6 Å². The number of nitrogens with zero attached hydrogens (tertiary/aromatic N) is 1. The number of carboxylic acid groups (broad SMARTS) is 1. The molecular formula is C22H28N2O2. The van der Waals surface area contributed by atoms with Gasteiger partial charge in [0, 0.05) is 19.6 Å². The van der Waals surface area contributed by atoms with Crippen LogP contribution in [0.3, 0.4) is 0 Å². The largest absolute Gasteiger partial charge is 0.478 e. The van der Waals surface area contributed by atoms with Crippen LogP contribution in [0, 0.1) is 5.92 Å². The van der Waals surface area contributed by atoms with Crippen LogP contribution in [0.5, 0.6) is 0 Å². The van der Waals surface area contributed by atoms with Gasteiger partial charge in [0.25, 0.3) is 0 Å². The van der Waals surface area contributed by atoms with Crippen molar-refractivity contribution in [3.63, 3.8) is 0 Å². The lowest BCUT2D eigenvalue weighted by Gasteiger charge is -2.30. The van der Waals surface area contributed by atoms with Gasteiger partial charge >= 0.3 is 5.97 Å². The molecule has 4 heteroatoms. The molecule has 0 unspecified atom stereocenters. The van der Waals surface area contributed by atoms with Crippen molar-refractivity contribution in [2.45, 2.75) is 39.4 Å². The number of hydrogen-bond donors (Lipinski definition) is 2. The van der Waals surface area contributed by atoms with E-state index in [4.69, 9.17) is 5.11 Å². The summed E-state index contributed by atoms with van der Waals surface area (Å²) < 4.78 is 0. The number of benzene rings is 2. The standard InChI is InChI=1S/C22H28N2O2/c1-17-10-12-24(13-11-17)16-21-5-3-2-4-20(21)15-23-14-18-6-8-19(9-7-18)22(25)26/h2-9,17,23H,10-16H2,1H3,(H,25,26). The molecular weight excluding hydrogens is 324 g/mol. The maximum atomic E-state index is 10.9. The molecule has 1 heterocycles. The van der Waals surface area contributed by atoms with E-state index >= 15 is 0 Å². The quantitative estimate of drug-likeness (QED) is 0.793. The van der Waals surface area contributed by atoms with Gasteiger partial charge in [0.1, 0.15) is 0 Å². The lowest BCUT2D eigenvalue weighted by atomic mass is 9.98. The monoisotopic (exact) mass is 352 g/mol. The molecule has 0 radical (unpaired) electrons. The Labute approximate surface area is 155 Å². The molecule has 1 aliphatic rings. The molecule has 0 amide bonds. The third kappa shape index (κ3) is 5.16. The van der Waals surface area contributed by atoms with Crippen LogP contribution in [-0.4, -0.2) is 29.1 Å². The fraction of sp³-hybridized carbons (Fsp3) is 0.409. The zero-order valence-corrected chi connectivity index (χ0v) is 15.4. The number of rotatable bonds is 7. The highest BCUT2D eigenvalue weighted by atomic mass is 16.4. The summed E-state index contributed by atoms with van der Waals surface area (Å²) in [4.78, 5) is 13.5. The van der Waals surface area contributed by atoms with Crippen molar-refractivity contribution < 1.29 is 9.90 Å². The molecule has 1 aliphatic heterocycles. The van der Waals surface area contributed by atoms with E-state index in [0.29, 0.717) is 5.56 Å². The van der Waals surface area contributed by atoms with Crippen molar-refractivity contribution in [2.24, 2.45) is 5.92 Å². The molecule has 1 fully saturated rings. The molecule has 0 atom stereocenters. The highest BCUT2D eigenvalue weighted by Crippen LogP contribution is 2.19. The Kier molecular flexibility index (Phi) is 6.42. The Morgan fingerprint density at radius 1 is 1.04 bits per heavy atom. The summed E-state index contributed by atoms with van der Waals surface area (Å²) in [6.45, 7) is 7.31. The Hall–Kier alpha value is -2.17. The Bertz CT molecular complexity index is 719. The van der Waals surface area contributed by atoms with Crippen LogP contribution in [0.15, 0.2) is 48.5 Å². The molecule has 2 aromatic carbocycles. The first kappa shape index (κ1) is 18.6. The van der Waals surface area contributed by atoms with Crippen LogP contribution in [0.25, 0.3) is 0 Å². The number of carboxylic acids is 1. The van der Waals surface area contributed by atoms with Crippen molar-refractivity contribution in [3.05, 3.63) is 70.8 Å². The van der Waals surface area contributed by atoms with E-state index in [1.54, 1.807) is 12.1 Å². The van der Waals surface area contributed by atoms with Crippen LogP contribution in [0.1, 0.15) is 46.8 Å². The normalized spacial score (nSPS) is 15.9. The van der Waals surface area contributed by atoms with Crippen LogP contribution < -0.4 is 5.32 Å². The average molecular weight is 352 g/mol. The number of piperidine rings is 1. The summed E-state index contributed by atoms with van der Waals surface area (Å²) in [5.74, 6) is -0.0266. The molecule has 0 bridgehead atoms. The lowest BCUT2D eigenvalue weighted by Crippen LogP contribution is -2.32. The van der Waals surface area contributed by atoms with E-state index in [1.165, 1.54) is 37.1 Å². The first-order chi connectivity index (χ1) is 12.6. The maximum absolute atomic E-state index is 10.9. The minimum absolute atomic E-state index is 0.329. The van der Waals surface area contributed by atoms with Crippen molar-refractivity contribution in [1.29, 1.82) is 0 Å². The van der Waals surface area contributed by atoms with Crippen LogP contribution in [0.4, 0.5) is 0 Å². The Morgan fingerprint density at radius 3 is 2.35 bits per heavy atom. The second-order valence-electron chi connectivity index (χ2n) is 7.33. The highest BCUT2D eigenvalue weighted by molar-refractivity contribution is 5.87. The smallest absolute Gasteiger partial charge is 0.335 e. The number of carbonyl (C=O) groups is 1. The summed E-state index contributed by atoms with van der Waals surface area (Å²) >= 11 is 0. The van der Waals surface area contributed by atoms with Gasteiger partial charge in [0.2, 0.25) is 0 Å². The van der Waals surface area contributed by atoms with Gasteiger partial charge in [0.15, 0.2) is 0 Å². The first-order valence-electron chi connectivity index (χ1n) is 9.44. The lowest BCUT2D eigenvalue weighted by molar-refractivity contribution is 0.0697. The Morgan fingerprint density at radius 2 is 1.69 bits per heavy atom. The van der Waals surface area contributed by atoms with Gasteiger partial charge in [-0.1, -0.05) is 43.3 Å². The molecule has 2 N–H and O–H groups in total. The van der Waals surface area contributed by atoms with Gasteiger partial charge < -0.3 is 10.4 Å².